The third kappa shape index (κ3) is 3.62. The van der Waals surface area contributed by atoms with Crippen molar-refractivity contribution in [3.63, 3.8) is 0 Å². The van der Waals surface area contributed by atoms with Crippen LogP contribution in [0.25, 0.3) is 0 Å². The first-order chi connectivity index (χ1) is 8.66. The number of carbonyl (C=O) groups is 1. The van der Waals surface area contributed by atoms with Crippen molar-refractivity contribution in [1.29, 1.82) is 0 Å². The molecule has 0 unspecified atom stereocenters. The van der Waals surface area contributed by atoms with E-state index in [0.29, 0.717) is 6.07 Å². The minimum Gasteiger partial charge on any atom is -0.469 e. The molecule has 0 N–H and O–H groups in total. The predicted octanol–water partition coefficient (Wildman–Crippen LogP) is 3.06. The molecule has 1 aromatic heterocycles. The Hall–Kier alpha value is -1.73. The molecular formula is C11H10F5NO2. The lowest BCUT2D eigenvalue weighted by molar-refractivity contribution is -0.142. The number of aryl methyl sites for hydroxylation is 1. The molecule has 0 aliphatic rings. The number of halogens is 5. The fraction of sp³-hybridized carbons (Fsp3) is 0.455. The lowest BCUT2D eigenvalue weighted by atomic mass is 10.0. The van der Waals surface area contributed by atoms with Gasteiger partial charge in [0.2, 0.25) is 0 Å². The van der Waals surface area contributed by atoms with E-state index in [2.05, 4.69) is 9.72 Å². The Morgan fingerprint density at radius 3 is 2.42 bits per heavy atom. The number of ether oxygens (including phenoxy) is 1. The summed E-state index contributed by atoms with van der Waals surface area (Å²) >= 11 is 0. The van der Waals surface area contributed by atoms with E-state index in [9.17, 15) is 26.7 Å². The van der Waals surface area contributed by atoms with Crippen LogP contribution < -0.4 is 0 Å². The Labute approximate surface area is 105 Å². The van der Waals surface area contributed by atoms with Gasteiger partial charge in [-0.3, -0.25) is 4.79 Å². The zero-order chi connectivity index (χ0) is 14.8. The van der Waals surface area contributed by atoms with Crippen LogP contribution in [0.4, 0.5) is 22.0 Å². The van der Waals surface area contributed by atoms with Gasteiger partial charge in [0.1, 0.15) is 5.69 Å². The average molecular weight is 283 g/mol. The number of aromatic nitrogens is 1. The van der Waals surface area contributed by atoms with Gasteiger partial charge in [0.05, 0.1) is 13.5 Å². The van der Waals surface area contributed by atoms with E-state index >= 15 is 0 Å². The predicted molar refractivity (Wildman–Crippen MR) is 54.7 cm³/mol. The molecule has 0 aromatic carbocycles. The molecule has 0 saturated carbocycles. The summed E-state index contributed by atoms with van der Waals surface area (Å²) in [5.41, 5.74) is -2.86. The molecule has 0 aliphatic carbocycles. The molecule has 19 heavy (non-hydrogen) atoms. The lowest BCUT2D eigenvalue weighted by Crippen LogP contribution is -2.15. The molecule has 0 bridgehead atoms. The van der Waals surface area contributed by atoms with Gasteiger partial charge in [0.25, 0.3) is 6.43 Å². The summed E-state index contributed by atoms with van der Waals surface area (Å²) in [6.07, 6.45) is -8.45. The molecule has 0 aliphatic heterocycles. The van der Waals surface area contributed by atoms with Crippen LogP contribution in [-0.4, -0.2) is 18.1 Å². The first kappa shape index (κ1) is 15.3. The minimum atomic E-state index is -4.77. The zero-order valence-corrected chi connectivity index (χ0v) is 10.0. The molecule has 0 radical (unpaired) electrons. The summed E-state index contributed by atoms with van der Waals surface area (Å²) in [7, 11) is 1.02. The van der Waals surface area contributed by atoms with E-state index in [1.807, 2.05) is 0 Å². The molecule has 1 aromatic rings. The van der Waals surface area contributed by atoms with Crippen molar-refractivity contribution in [1.82, 2.24) is 4.98 Å². The summed E-state index contributed by atoms with van der Waals surface area (Å²) in [4.78, 5) is 14.2. The Kier molecular flexibility index (Phi) is 4.43. The van der Waals surface area contributed by atoms with Gasteiger partial charge in [-0.1, -0.05) is 0 Å². The van der Waals surface area contributed by atoms with Crippen LogP contribution in [0.3, 0.4) is 0 Å². The van der Waals surface area contributed by atoms with Crippen molar-refractivity contribution in [2.75, 3.05) is 7.11 Å². The van der Waals surface area contributed by atoms with Crippen LogP contribution in [0.1, 0.15) is 28.9 Å². The highest BCUT2D eigenvalue weighted by Crippen LogP contribution is 2.33. The summed E-state index contributed by atoms with van der Waals surface area (Å²) < 4.78 is 67.5. The Balaban J connectivity index is 3.37. The smallest absolute Gasteiger partial charge is 0.433 e. The number of hydrogen-bond donors (Lipinski definition) is 0. The summed E-state index contributed by atoms with van der Waals surface area (Å²) in [5, 5.41) is 0. The molecule has 106 valence electrons. The second kappa shape index (κ2) is 5.50. The maximum Gasteiger partial charge on any atom is 0.433 e. The molecule has 1 rings (SSSR count). The Morgan fingerprint density at radius 2 is 2.00 bits per heavy atom. The van der Waals surface area contributed by atoms with Gasteiger partial charge in [0, 0.05) is 11.3 Å². The van der Waals surface area contributed by atoms with E-state index in [1.54, 1.807) is 0 Å². The lowest BCUT2D eigenvalue weighted by Gasteiger charge is -2.14. The van der Waals surface area contributed by atoms with Crippen molar-refractivity contribution >= 4 is 5.97 Å². The fourth-order valence-corrected chi connectivity index (χ4v) is 1.57. The first-order valence-corrected chi connectivity index (χ1v) is 5.09. The molecule has 0 amide bonds. The summed E-state index contributed by atoms with van der Waals surface area (Å²) in [6, 6.07) is 0.450. The van der Waals surface area contributed by atoms with Crippen LogP contribution in [0.5, 0.6) is 0 Å². The highest BCUT2D eigenvalue weighted by atomic mass is 19.4. The number of alkyl halides is 5. The highest BCUT2D eigenvalue weighted by molar-refractivity contribution is 5.73. The number of esters is 1. The normalized spacial score (nSPS) is 11.8. The number of carbonyl (C=O) groups excluding carboxylic acids is 1. The van der Waals surface area contributed by atoms with Crippen LogP contribution in [0.15, 0.2) is 6.07 Å². The van der Waals surface area contributed by atoms with Crippen LogP contribution >= 0.6 is 0 Å². The van der Waals surface area contributed by atoms with Gasteiger partial charge in [-0.2, -0.15) is 13.2 Å². The van der Waals surface area contributed by atoms with E-state index < -0.39 is 47.5 Å². The molecule has 1 heterocycles. The molecule has 8 heteroatoms. The van der Waals surface area contributed by atoms with Gasteiger partial charge in [-0.05, 0) is 18.6 Å². The molecule has 3 nitrogen and oxygen atoms in total. The summed E-state index contributed by atoms with van der Waals surface area (Å²) in [6.45, 7) is 1.04. The number of pyridine rings is 1. The van der Waals surface area contributed by atoms with E-state index in [0.717, 1.165) is 14.0 Å². The molecule has 0 spiro atoms. The SMILES string of the molecule is COC(=O)Cc1cc(C(F)(F)F)nc(C)c1C(F)F. The largest absolute Gasteiger partial charge is 0.469 e. The van der Waals surface area contributed by atoms with Crippen LogP contribution in [0, 0.1) is 6.92 Å². The molecule has 0 fully saturated rings. The van der Waals surface area contributed by atoms with Gasteiger partial charge < -0.3 is 4.74 Å². The topological polar surface area (TPSA) is 39.2 Å². The van der Waals surface area contributed by atoms with E-state index in [4.69, 9.17) is 0 Å². The van der Waals surface area contributed by atoms with Crippen LogP contribution in [0.2, 0.25) is 0 Å². The fourth-order valence-electron chi connectivity index (χ4n) is 1.57. The standard InChI is InChI=1S/C11H10F5NO2/c1-5-9(10(12)13)6(4-8(18)19-2)3-7(17-5)11(14,15)16/h3,10H,4H2,1-2H3. The number of hydrogen-bond acceptors (Lipinski definition) is 3. The third-order valence-electron chi connectivity index (χ3n) is 2.41. The van der Waals surface area contributed by atoms with Gasteiger partial charge >= 0.3 is 12.1 Å². The molecule has 0 atom stereocenters. The van der Waals surface area contributed by atoms with Crippen molar-refractivity contribution in [3.05, 3.63) is 28.6 Å². The Bertz CT molecular complexity index is 485. The quantitative estimate of drug-likeness (QED) is 0.632. The van der Waals surface area contributed by atoms with E-state index in [1.165, 1.54) is 0 Å². The average Bonchev–Trinajstić information content (AvgIpc) is 2.26. The van der Waals surface area contributed by atoms with Gasteiger partial charge in [0.15, 0.2) is 0 Å². The molecular weight excluding hydrogens is 273 g/mol. The van der Waals surface area contributed by atoms with Crippen molar-refractivity contribution in [2.24, 2.45) is 0 Å². The minimum absolute atomic E-state index is 0.429. The number of nitrogens with zero attached hydrogens (tertiary/aromatic N) is 1. The first-order valence-electron chi connectivity index (χ1n) is 5.09. The van der Waals surface area contributed by atoms with Crippen molar-refractivity contribution in [3.8, 4) is 0 Å². The maximum atomic E-state index is 12.8. The second-order valence-electron chi connectivity index (χ2n) is 3.72. The van der Waals surface area contributed by atoms with Gasteiger partial charge in [-0.15, -0.1) is 0 Å². The van der Waals surface area contributed by atoms with E-state index in [-0.39, 0.29) is 0 Å². The molecule has 0 saturated heterocycles. The highest BCUT2D eigenvalue weighted by Gasteiger charge is 2.34. The zero-order valence-electron chi connectivity index (χ0n) is 10.0. The summed E-state index contributed by atoms with van der Waals surface area (Å²) in [5.74, 6) is -0.902. The third-order valence-corrected chi connectivity index (χ3v) is 2.41. The Morgan fingerprint density at radius 1 is 1.42 bits per heavy atom. The maximum absolute atomic E-state index is 12.8. The van der Waals surface area contributed by atoms with Crippen molar-refractivity contribution in [2.45, 2.75) is 25.9 Å². The number of methoxy groups -OCH3 is 1. The number of rotatable bonds is 3. The van der Waals surface area contributed by atoms with Crippen LogP contribution in [-0.2, 0) is 22.1 Å². The van der Waals surface area contributed by atoms with Gasteiger partial charge in [-0.25, -0.2) is 13.8 Å². The second-order valence-corrected chi connectivity index (χ2v) is 3.72. The monoisotopic (exact) mass is 283 g/mol. The van der Waals surface area contributed by atoms with Crippen molar-refractivity contribution < 1.29 is 31.5 Å².